The highest BCUT2D eigenvalue weighted by molar-refractivity contribution is 7.99. The minimum atomic E-state index is -1.03. The number of aliphatic carboxylic acids is 1. The number of hydrogen-bond acceptors (Lipinski definition) is 7. The molecule has 4 rings (SSSR count). The molecule has 1 saturated heterocycles. The Balaban J connectivity index is 1.47. The first-order chi connectivity index (χ1) is 17.9. The number of benzene rings is 2. The van der Waals surface area contributed by atoms with Crippen LogP contribution in [-0.2, 0) is 25.7 Å². The second kappa shape index (κ2) is 12.7. The van der Waals surface area contributed by atoms with Gasteiger partial charge >= 0.3 is 5.97 Å². The molecular formula is C27H28N2O7S. The van der Waals surface area contributed by atoms with Gasteiger partial charge in [-0.1, -0.05) is 48.2 Å². The molecule has 3 aromatic rings. The van der Waals surface area contributed by atoms with Crippen molar-refractivity contribution in [2.45, 2.75) is 49.4 Å². The van der Waals surface area contributed by atoms with Crippen LogP contribution in [0.3, 0.4) is 0 Å². The molecule has 1 amide bonds. The summed E-state index contributed by atoms with van der Waals surface area (Å²) in [5, 5.41) is 33.4. The number of aliphatic hydroxyl groups is 1. The maximum atomic E-state index is 12.1. The van der Waals surface area contributed by atoms with Crippen molar-refractivity contribution in [1.82, 2.24) is 0 Å². The maximum absolute atomic E-state index is 12.1. The molecule has 194 valence electrons. The molecule has 2 heterocycles. The lowest BCUT2D eigenvalue weighted by Crippen LogP contribution is -2.32. The van der Waals surface area contributed by atoms with E-state index < -0.39 is 12.3 Å². The summed E-state index contributed by atoms with van der Waals surface area (Å²) in [4.78, 5) is 22.6. The van der Waals surface area contributed by atoms with Crippen LogP contribution in [-0.4, -0.2) is 33.9 Å². The number of rotatable bonds is 10. The molecule has 1 aliphatic heterocycles. The number of aromatic nitrogens is 1. The van der Waals surface area contributed by atoms with Crippen molar-refractivity contribution in [3.63, 3.8) is 0 Å². The Morgan fingerprint density at radius 1 is 1.00 bits per heavy atom. The molecule has 0 saturated carbocycles. The van der Waals surface area contributed by atoms with Crippen molar-refractivity contribution in [2.75, 3.05) is 11.1 Å². The maximum Gasteiger partial charge on any atom is 0.303 e. The average Bonchev–Trinajstić information content (AvgIpc) is 2.92. The molecule has 2 aromatic carbocycles. The number of nitrogens with zero attached hydrogens (tertiary/aromatic N) is 1. The number of aliphatic hydroxyl groups excluding tert-OH is 1. The van der Waals surface area contributed by atoms with Gasteiger partial charge in [0.25, 0.3) is 5.03 Å². The lowest BCUT2D eigenvalue weighted by atomic mass is 10.0. The summed E-state index contributed by atoms with van der Waals surface area (Å²) < 4.78 is 13.4. The van der Waals surface area contributed by atoms with Crippen molar-refractivity contribution in [1.29, 1.82) is 0 Å². The number of carboxylic acid groups (broad SMARTS) is 1. The number of carbonyl (C=O) groups excluding carboxylic acids is 1. The summed E-state index contributed by atoms with van der Waals surface area (Å²) in [5.41, 5.74) is 3.07. The highest BCUT2D eigenvalue weighted by atomic mass is 32.2. The van der Waals surface area contributed by atoms with E-state index in [4.69, 9.17) is 14.6 Å². The van der Waals surface area contributed by atoms with Gasteiger partial charge in [-0.2, -0.15) is 4.73 Å². The largest absolute Gasteiger partial charge is 0.618 e. The zero-order valence-electron chi connectivity index (χ0n) is 20.0. The van der Waals surface area contributed by atoms with E-state index >= 15 is 0 Å². The minimum absolute atomic E-state index is 0.0394. The Kier molecular flexibility index (Phi) is 9.13. The first-order valence-electron chi connectivity index (χ1n) is 11.8. The smallest absolute Gasteiger partial charge is 0.303 e. The van der Waals surface area contributed by atoms with E-state index in [0.717, 1.165) is 21.4 Å². The molecule has 0 bridgehead atoms. The van der Waals surface area contributed by atoms with Crippen LogP contribution < -0.4 is 10.0 Å². The van der Waals surface area contributed by atoms with Crippen LogP contribution in [0.1, 0.15) is 48.3 Å². The van der Waals surface area contributed by atoms with Gasteiger partial charge in [0.1, 0.15) is 0 Å². The van der Waals surface area contributed by atoms with Crippen molar-refractivity contribution < 1.29 is 34.0 Å². The molecule has 0 radical (unpaired) electrons. The van der Waals surface area contributed by atoms with E-state index in [2.05, 4.69) is 5.32 Å². The number of anilines is 1. The van der Waals surface area contributed by atoms with E-state index in [0.29, 0.717) is 22.9 Å². The number of amides is 1. The van der Waals surface area contributed by atoms with Crippen molar-refractivity contribution >= 4 is 29.3 Å². The number of carbonyl (C=O) groups is 2. The molecule has 1 aromatic heterocycles. The second-order valence-corrected chi connectivity index (χ2v) is 9.63. The third-order valence-corrected chi connectivity index (χ3v) is 7.00. The van der Waals surface area contributed by atoms with E-state index in [9.17, 15) is 19.9 Å². The summed E-state index contributed by atoms with van der Waals surface area (Å²) in [6, 6.07) is 19.9. The van der Waals surface area contributed by atoms with Gasteiger partial charge in [0.05, 0.1) is 25.2 Å². The van der Waals surface area contributed by atoms with Gasteiger partial charge in [-0.25, -0.2) is 0 Å². The molecule has 0 spiro atoms. The number of ether oxygens (including phenoxy) is 2. The van der Waals surface area contributed by atoms with Crippen molar-refractivity contribution in [3.8, 4) is 0 Å². The topological polar surface area (TPSA) is 132 Å². The molecular weight excluding hydrogens is 496 g/mol. The number of carboxylic acids is 1. The van der Waals surface area contributed by atoms with Gasteiger partial charge in [0.15, 0.2) is 12.5 Å². The summed E-state index contributed by atoms with van der Waals surface area (Å²) in [7, 11) is 0. The minimum Gasteiger partial charge on any atom is -0.618 e. The quantitative estimate of drug-likeness (QED) is 0.206. The Morgan fingerprint density at radius 3 is 2.41 bits per heavy atom. The zero-order valence-corrected chi connectivity index (χ0v) is 20.8. The first-order valence-corrected chi connectivity index (χ1v) is 12.8. The van der Waals surface area contributed by atoms with Crippen LogP contribution in [0.15, 0.2) is 78.0 Å². The highest BCUT2D eigenvalue weighted by Gasteiger charge is 2.32. The third-order valence-electron chi connectivity index (χ3n) is 5.85. The van der Waals surface area contributed by atoms with Crippen molar-refractivity contribution in [2.24, 2.45) is 0 Å². The fourth-order valence-corrected chi connectivity index (χ4v) is 4.83. The average molecular weight is 525 g/mol. The van der Waals surface area contributed by atoms with Gasteiger partial charge in [0, 0.05) is 42.0 Å². The lowest BCUT2D eigenvalue weighted by Gasteiger charge is -2.36. The van der Waals surface area contributed by atoms with Gasteiger partial charge in [0.2, 0.25) is 5.91 Å². The number of thioether (sulfide) groups is 1. The predicted octanol–water partition coefficient (Wildman–Crippen LogP) is 3.95. The summed E-state index contributed by atoms with van der Waals surface area (Å²) in [5.74, 6) is -0.849. The molecule has 0 unspecified atom stereocenters. The SMILES string of the molecule is O=C(O)CCC(=O)Nc1ccc([C@H]2O[C@@H](CSc3cccc[n+]3[O-])C[C@@H](c3ccc(CO)cc3)O2)cc1. The van der Waals surface area contributed by atoms with Gasteiger partial charge in [-0.3, -0.25) is 9.59 Å². The van der Waals surface area contributed by atoms with Crippen molar-refractivity contribution in [3.05, 3.63) is 94.8 Å². The van der Waals surface area contributed by atoms with Gasteiger partial charge in [-0.05, 0) is 29.3 Å². The molecule has 1 fully saturated rings. The normalized spacial score (nSPS) is 19.3. The Morgan fingerprint density at radius 2 is 1.73 bits per heavy atom. The predicted molar refractivity (Wildman–Crippen MR) is 136 cm³/mol. The van der Waals surface area contributed by atoms with Crippen LogP contribution in [0.4, 0.5) is 5.69 Å². The van der Waals surface area contributed by atoms with Crippen LogP contribution in [0.25, 0.3) is 0 Å². The molecule has 1 aliphatic rings. The lowest BCUT2D eigenvalue weighted by molar-refractivity contribution is -0.645. The second-order valence-electron chi connectivity index (χ2n) is 8.59. The van der Waals surface area contributed by atoms with Gasteiger partial charge in [-0.15, -0.1) is 0 Å². The van der Waals surface area contributed by atoms with E-state index in [-0.39, 0.29) is 37.6 Å². The third kappa shape index (κ3) is 7.53. The highest BCUT2D eigenvalue weighted by Crippen LogP contribution is 2.39. The van der Waals surface area contributed by atoms with Crippen LogP contribution >= 0.6 is 11.8 Å². The Bertz CT molecular complexity index is 1200. The fourth-order valence-electron chi connectivity index (χ4n) is 3.89. The molecule has 3 atom stereocenters. The van der Waals surface area contributed by atoms with Crippen LogP contribution in [0.2, 0.25) is 0 Å². The Hall–Kier alpha value is -3.44. The first kappa shape index (κ1) is 26.6. The number of hydrogen-bond donors (Lipinski definition) is 3. The van der Waals surface area contributed by atoms with E-state index in [1.165, 1.54) is 18.0 Å². The fraction of sp³-hybridized carbons (Fsp3) is 0.296. The molecule has 0 aliphatic carbocycles. The molecule has 9 nitrogen and oxygen atoms in total. The summed E-state index contributed by atoms with van der Waals surface area (Å²) >= 11 is 1.42. The zero-order chi connectivity index (χ0) is 26.2. The molecule has 37 heavy (non-hydrogen) atoms. The van der Waals surface area contributed by atoms with Gasteiger partial charge < -0.3 is 30.2 Å². The Labute approximate surface area is 218 Å². The number of nitrogens with one attached hydrogen (secondary N) is 1. The summed E-state index contributed by atoms with van der Waals surface area (Å²) in [6.45, 7) is -0.0394. The standard InChI is InChI=1S/C27H28N2O7S/c30-16-18-4-6-19(7-5-18)23-15-22(17-37-25-3-1-2-14-29(25)34)35-27(36-23)20-8-10-21(11-9-20)28-24(31)12-13-26(32)33/h1-11,14,22-23,27,30H,12-13,15-17H2,(H,28,31)(H,32,33)/t22-,23+,27+/m1/s1. The summed E-state index contributed by atoms with van der Waals surface area (Å²) in [6.07, 6.45) is 0.573. The van der Waals surface area contributed by atoms with Crippen LogP contribution in [0.5, 0.6) is 0 Å². The monoisotopic (exact) mass is 524 g/mol. The molecule has 3 N–H and O–H groups in total. The molecule has 10 heteroatoms. The van der Waals surface area contributed by atoms with Crippen LogP contribution in [0, 0.1) is 5.21 Å². The number of pyridine rings is 1. The van der Waals surface area contributed by atoms with E-state index in [1.54, 1.807) is 36.4 Å². The van der Waals surface area contributed by atoms with E-state index in [1.807, 2.05) is 30.3 Å².